The molecule has 1 heterocycles. The molecule has 0 unspecified atom stereocenters. The van der Waals surface area contributed by atoms with Gasteiger partial charge in [0.25, 0.3) is 0 Å². The molecule has 120 valence electrons. The van der Waals surface area contributed by atoms with E-state index in [0.717, 1.165) is 16.9 Å². The van der Waals surface area contributed by atoms with Crippen molar-refractivity contribution in [3.63, 3.8) is 0 Å². The summed E-state index contributed by atoms with van der Waals surface area (Å²) in [5.41, 5.74) is 3.57. The summed E-state index contributed by atoms with van der Waals surface area (Å²) >= 11 is 0. The van der Waals surface area contributed by atoms with Crippen molar-refractivity contribution < 1.29 is 4.79 Å². The third-order valence-corrected chi connectivity index (χ3v) is 3.43. The third kappa shape index (κ3) is 4.16. The van der Waals surface area contributed by atoms with Crippen LogP contribution in [0, 0.1) is 0 Å². The number of carbonyl (C=O) groups is 1. The van der Waals surface area contributed by atoms with Crippen LogP contribution in [0.1, 0.15) is 12.5 Å². The van der Waals surface area contributed by atoms with Gasteiger partial charge in [-0.05, 0) is 17.7 Å². The molecule has 2 N–H and O–H groups in total. The Morgan fingerprint density at radius 2 is 1.88 bits per heavy atom. The van der Waals surface area contributed by atoms with Crippen LogP contribution in [0.3, 0.4) is 0 Å². The van der Waals surface area contributed by atoms with E-state index >= 15 is 0 Å². The summed E-state index contributed by atoms with van der Waals surface area (Å²) in [5, 5.41) is 6.05. The van der Waals surface area contributed by atoms with Crippen LogP contribution in [-0.2, 0) is 11.3 Å². The zero-order valence-corrected chi connectivity index (χ0v) is 13.4. The molecule has 2 aromatic carbocycles. The van der Waals surface area contributed by atoms with Gasteiger partial charge in [0.05, 0.1) is 18.1 Å². The van der Waals surface area contributed by atoms with Gasteiger partial charge in [0.2, 0.25) is 5.91 Å². The van der Waals surface area contributed by atoms with Crippen molar-refractivity contribution in [1.29, 1.82) is 0 Å². The van der Waals surface area contributed by atoms with Crippen LogP contribution in [0.2, 0.25) is 0 Å². The van der Waals surface area contributed by atoms with E-state index in [-0.39, 0.29) is 5.91 Å². The lowest BCUT2D eigenvalue weighted by atomic mass is 10.1. The first-order valence-electron chi connectivity index (χ1n) is 7.68. The van der Waals surface area contributed by atoms with E-state index in [1.54, 1.807) is 12.4 Å². The van der Waals surface area contributed by atoms with Gasteiger partial charge < -0.3 is 10.6 Å². The lowest BCUT2D eigenvalue weighted by molar-refractivity contribution is -0.114. The van der Waals surface area contributed by atoms with Gasteiger partial charge in [-0.2, -0.15) is 0 Å². The number of benzene rings is 2. The molecule has 0 saturated carbocycles. The van der Waals surface area contributed by atoms with Gasteiger partial charge in [-0.1, -0.05) is 42.5 Å². The molecule has 0 spiro atoms. The fourth-order valence-electron chi connectivity index (χ4n) is 2.34. The number of hydrogen-bond donors (Lipinski definition) is 2. The van der Waals surface area contributed by atoms with Gasteiger partial charge in [-0.15, -0.1) is 0 Å². The number of amides is 1. The molecule has 0 atom stereocenters. The van der Waals surface area contributed by atoms with Crippen molar-refractivity contribution in [3.8, 4) is 11.3 Å². The van der Waals surface area contributed by atoms with Crippen molar-refractivity contribution in [1.82, 2.24) is 9.97 Å². The number of hydrogen-bond acceptors (Lipinski definition) is 4. The van der Waals surface area contributed by atoms with E-state index < -0.39 is 0 Å². The molecule has 0 fully saturated rings. The van der Waals surface area contributed by atoms with E-state index in [2.05, 4.69) is 32.7 Å². The fraction of sp³-hybridized carbons (Fsp3) is 0.105. The Morgan fingerprint density at radius 1 is 1.04 bits per heavy atom. The standard InChI is InChI=1S/C19H18N4O/c1-14(24)22-17-9-5-8-16(10-17)18-12-20-13-19(23-18)21-11-15-6-3-2-4-7-15/h2-10,12-13H,11H2,1H3,(H,21,23)(H,22,24). The summed E-state index contributed by atoms with van der Waals surface area (Å²) in [6.45, 7) is 2.17. The SMILES string of the molecule is CC(=O)Nc1cccc(-c2cncc(NCc3ccccc3)n2)c1. The molecule has 5 heteroatoms. The monoisotopic (exact) mass is 318 g/mol. The normalized spacial score (nSPS) is 10.2. The molecule has 3 aromatic rings. The topological polar surface area (TPSA) is 66.9 Å². The molecule has 5 nitrogen and oxygen atoms in total. The number of nitrogens with one attached hydrogen (secondary N) is 2. The first-order valence-corrected chi connectivity index (χ1v) is 7.68. The van der Waals surface area contributed by atoms with Crippen molar-refractivity contribution in [3.05, 3.63) is 72.6 Å². The second kappa shape index (κ2) is 7.37. The molecule has 24 heavy (non-hydrogen) atoms. The minimum Gasteiger partial charge on any atom is -0.365 e. The first kappa shape index (κ1) is 15.7. The number of nitrogens with zero attached hydrogens (tertiary/aromatic N) is 2. The van der Waals surface area contributed by atoms with Gasteiger partial charge >= 0.3 is 0 Å². The van der Waals surface area contributed by atoms with Gasteiger partial charge in [0.1, 0.15) is 5.82 Å². The minimum absolute atomic E-state index is 0.100. The third-order valence-electron chi connectivity index (χ3n) is 3.43. The summed E-state index contributed by atoms with van der Waals surface area (Å²) in [7, 11) is 0. The highest BCUT2D eigenvalue weighted by atomic mass is 16.1. The first-order chi connectivity index (χ1) is 11.7. The molecule has 0 aliphatic rings. The maximum absolute atomic E-state index is 11.2. The average Bonchev–Trinajstić information content (AvgIpc) is 2.61. The minimum atomic E-state index is -0.100. The zero-order chi connectivity index (χ0) is 16.8. The lowest BCUT2D eigenvalue weighted by Gasteiger charge is -2.08. The van der Waals surface area contributed by atoms with Gasteiger partial charge in [0, 0.05) is 24.7 Å². The Kier molecular flexibility index (Phi) is 4.81. The summed E-state index contributed by atoms with van der Waals surface area (Å²) in [6.07, 6.45) is 3.41. The molecule has 3 rings (SSSR count). The number of carbonyl (C=O) groups excluding carboxylic acids is 1. The molecule has 0 aliphatic carbocycles. The van der Waals surface area contributed by atoms with Crippen molar-refractivity contribution >= 4 is 17.4 Å². The van der Waals surface area contributed by atoms with Crippen LogP contribution < -0.4 is 10.6 Å². The van der Waals surface area contributed by atoms with Crippen molar-refractivity contribution in [2.75, 3.05) is 10.6 Å². The van der Waals surface area contributed by atoms with Crippen LogP contribution in [0.4, 0.5) is 11.5 Å². The van der Waals surface area contributed by atoms with Gasteiger partial charge in [0.15, 0.2) is 0 Å². The zero-order valence-electron chi connectivity index (χ0n) is 13.4. The summed E-state index contributed by atoms with van der Waals surface area (Å²) in [5.74, 6) is 0.609. The average molecular weight is 318 g/mol. The number of aromatic nitrogens is 2. The smallest absolute Gasteiger partial charge is 0.221 e. The quantitative estimate of drug-likeness (QED) is 0.752. The highest BCUT2D eigenvalue weighted by Gasteiger charge is 2.04. The summed E-state index contributed by atoms with van der Waals surface area (Å²) in [6, 6.07) is 17.7. The molecule has 0 saturated heterocycles. The van der Waals surface area contributed by atoms with E-state index in [9.17, 15) is 4.79 Å². The molecular weight excluding hydrogens is 300 g/mol. The van der Waals surface area contributed by atoms with Crippen molar-refractivity contribution in [2.45, 2.75) is 13.5 Å². The molecule has 1 amide bonds. The second-order valence-electron chi connectivity index (χ2n) is 5.39. The highest BCUT2D eigenvalue weighted by molar-refractivity contribution is 5.89. The number of anilines is 2. The van der Waals surface area contributed by atoms with Gasteiger partial charge in [-0.3, -0.25) is 9.78 Å². The van der Waals surface area contributed by atoms with Crippen molar-refractivity contribution in [2.24, 2.45) is 0 Å². The second-order valence-corrected chi connectivity index (χ2v) is 5.39. The number of rotatable bonds is 5. The maximum Gasteiger partial charge on any atom is 0.221 e. The molecule has 1 aromatic heterocycles. The predicted molar refractivity (Wildman–Crippen MR) is 95.5 cm³/mol. The van der Waals surface area contributed by atoms with Crippen LogP contribution >= 0.6 is 0 Å². The summed E-state index contributed by atoms with van der Waals surface area (Å²) < 4.78 is 0. The molecule has 0 bridgehead atoms. The van der Waals surface area contributed by atoms with E-state index in [0.29, 0.717) is 12.4 Å². The predicted octanol–water partition coefficient (Wildman–Crippen LogP) is 3.71. The van der Waals surface area contributed by atoms with Crippen LogP contribution in [-0.4, -0.2) is 15.9 Å². The highest BCUT2D eigenvalue weighted by Crippen LogP contribution is 2.21. The van der Waals surface area contributed by atoms with Crippen LogP contribution in [0.25, 0.3) is 11.3 Å². The Balaban J connectivity index is 1.76. The lowest BCUT2D eigenvalue weighted by Crippen LogP contribution is -2.05. The van der Waals surface area contributed by atoms with Gasteiger partial charge in [-0.25, -0.2) is 4.98 Å². The Bertz CT molecular complexity index is 834. The molecule has 0 radical (unpaired) electrons. The maximum atomic E-state index is 11.2. The van der Waals surface area contributed by atoms with E-state index in [1.165, 1.54) is 12.5 Å². The largest absolute Gasteiger partial charge is 0.365 e. The molecule has 0 aliphatic heterocycles. The van der Waals surface area contributed by atoms with Crippen LogP contribution in [0.15, 0.2) is 67.0 Å². The molecular formula is C19H18N4O. The van der Waals surface area contributed by atoms with E-state index in [1.807, 2.05) is 42.5 Å². The summed E-state index contributed by atoms with van der Waals surface area (Å²) in [4.78, 5) is 20.0. The Morgan fingerprint density at radius 3 is 2.67 bits per heavy atom. The van der Waals surface area contributed by atoms with E-state index in [4.69, 9.17) is 0 Å². The van der Waals surface area contributed by atoms with Crippen LogP contribution in [0.5, 0.6) is 0 Å². The Labute approximate surface area is 140 Å². The Hall–Kier alpha value is -3.21. The fourth-order valence-corrected chi connectivity index (χ4v) is 2.34.